The lowest BCUT2D eigenvalue weighted by Gasteiger charge is -2.39. The molecule has 0 aliphatic carbocycles. The van der Waals surface area contributed by atoms with Gasteiger partial charge in [0, 0.05) is 18.4 Å². The molecule has 1 saturated heterocycles. The van der Waals surface area contributed by atoms with Crippen molar-refractivity contribution in [2.24, 2.45) is 10.4 Å². The normalized spacial score (nSPS) is 17.9. The summed E-state index contributed by atoms with van der Waals surface area (Å²) < 4.78 is 6.32. The second-order valence-corrected chi connectivity index (χ2v) is 11.6. The molecule has 7 heteroatoms. The van der Waals surface area contributed by atoms with Gasteiger partial charge in [-0.3, -0.25) is 0 Å². The number of para-hydroxylation sites is 1. The number of hydrogen-bond donors (Lipinski definition) is 0. The Morgan fingerprint density at radius 2 is 2.00 bits per heavy atom. The second-order valence-electron chi connectivity index (χ2n) is 9.07. The molecule has 1 aromatic heterocycles. The number of aliphatic imine (C=N–C) groups is 1. The Bertz CT molecular complexity index is 918. The van der Waals surface area contributed by atoms with Crippen LogP contribution in [0.25, 0.3) is 0 Å². The smallest absolute Gasteiger partial charge is 0.169 e. The number of aromatic nitrogens is 1. The van der Waals surface area contributed by atoms with E-state index in [9.17, 15) is 0 Å². The van der Waals surface area contributed by atoms with E-state index in [1.54, 1.807) is 23.5 Å². The van der Waals surface area contributed by atoms with Crippen molar-refractivity contribution in [3.63, 3.8) is 0 Å². The zero-order valence-corrected chi connectivity index (χ0v) is 21.1. The highest BCUT2D eigenvalue weighted by atomic mass is 32.2. The number of nitrogens with zero attached hydrogens (tertiary/aromatic N) is 3. The number of thiocarbonyl (C=S) groups is 1. The van der Waals surface area contributed by atoms with Crippen LogP contribution in [0.5, 0.6) is 0 Å². The zero-order valence-electron chi connectivity index (χ0n) is 18.6. The summed E-state index contributed by atoms with van der Waals surface area (Å²) in [5.41, 5.74) is 3.45. The van der Waals surface area contributed by atoms with Crippen molar-refractivity contribution in [2.45, 2.75) is 59.1 Å². The molecule has 1 fully saturated rings. The Morgan fingerprint density at radius 1 is 1.27 bits per heavy atom. The molecule has 1 aromatic carbocycles. The number of thioether (sulfide) groups is 2. The second kappa shape index (κ2) is 9.88. The van der Waals surface area contributed by atoms with Crippen LogP contribution in [-0.2, 0) is 5.75 Å². The standard InChI is InChI=1S/C23H31N3OS3/c1-15(2)18-9-7-8-10-19(18)24-21-26(13-23(5,6)14-30-21)22(28)29-12-17-11-20(16(3)4)25-27-17/h7-11,15-16H,12-14H2,1-6H3. The van der Waals surface area contributed by atoms with E-state index < -0.39 is 0 Å². The van der Waals surface area contributed by atoms with Crippen LogP contribution in [0, 0.1) is 5.41 Å². The molecular formula is C23H31N3OS3. The van der Waals surface area contributed by atoms with Gasteiger partial charge < -0.3 is 9.42 Å². The van der Waals surface area contributed by atoms with Gasteiger partial charge in [0.2, 0.25) is 0 Å². The van der Waals surface area contributed by atoms with Gasteiger partial charge in [0.25, 0.3) is 0 Å². The Hall–Kier alpha value is -1.31. The molecule has 2 heterocycles. The third-order valence-corrected chi connectivity index (χ3v) is 7.88. The van der Waals surface area contributed by atoms with E-state index in [2.05, 4.69) is 75.9 Å². The first kappa shape index (κ1) is 23.4. The van der Waals surface area contributed by atoms with Gasteiger partial charge in [-0.25, -0.2) is 4.99 Å². The maximum atomic E-state index is 5.84. The molecule has 2 aromatic rings. The molecule has 4 nitrogen and oxygen atoms in total. The van der Waals surface area contributed by atoms with Crippen molar-refractivity contribution in [2.75, 3.05) is 12.3 Å². The minimum Gasteiger partial charge on any atom is -0.360 e. The number of amidine groups is 1. The fourth-order valence-electron chi connectivity index (χ4n) is 3.17. The Labute approximate surface area is 194 Å². The van der Waals surface area contributed by atoms with Crippen LogP contribution in [0.2, 0.25) is 0 Å². The molecule has 3 rings (SSSR count). The highest BCUT2D eigenvalue weighted by Gasteiger charge is 2.33. The largest absolute Gasteiger partial charge is 0.360 e. The van der Waals surface area contributed by atoms with E-state index in [1.165, 1.54) is 5.56 Å². The van der Waals surface area contributed by atoms with Gasteiger partial charge >= 0.3 is 0 Å². The summed E-state index contributed by atoms with van der Waals surface area (Å²) in [6.07, 6.45) is 0. The maximum Gasteiger partial charge on any atom is 0.169 e. The molecule has 0 saturated carbocycles. The van der Waals surface area contributed by atoms with E-state index in [0.29, 0.717) is 17.6 Å². The molecule has 0 amide bonds. The van der Waals surface area contributed by atoms with Crippen LogP contribution in [0.1, 0.15) is 70.4 Å². The third-order valence-electron chi connectivity index (χ3n) is 4.91. The van der Waals surface area contributed by atoms with E-state index in [-0.39, 0.29) is 5.41 Å². The van der Waals surface area contributed by atoms with Crippen molar-refractivity contribution in [1.82, 2.24) is 10.1 Å². The number of hydrogen-bond acceptors (Lipinski definition) is 6. The van der Waals surface area contributed by atoms with Gasteiger partial charge in [-0.2, -0.15) is 0 Å². The van der Waals surface area contributed by atoms with Gasteiger partial charge in [0.1, 0.15) is 10.1 Å². The summed E-state index contributed by atoms with van der Waals surface area (Å²) >= 11 is 9.25. The zero-order chi connectivity index (χ0) is 21.9. The average molecular weight is 462 g/mol. The monoisotopic (exact) mass is 461 g/mol. The summed E-state index contributed by atoms with van der Waals surface area (Å²) in [7, 11) is 0. The first-order chi connectivity index (χ1) is 14.2. The predicted octanol–water partition coefficient (Wildman–Crippen LogP) is 7.20. The molecule has 0 atom stereocenters. The van der Waals surface area contributed by atoms with Crippen LogP contribution in [0.4, 0.5) is 5.69 Å². The molecule has 0 bridgehead atoms. The molecule has 0 spiro atoms. The highest BCUT2D eigenvalue weighted by Crippen LogP contribution is 2.36. The van der Waals surface area contributed by atoms with Crippen molar-refractivity contribution < 1.29 is 4.52 Å². The lowest BCUT2D eigenvalue weighted by molar-refractivity contribution is 0.348. The predicted molar refractivity (Wildman–Crippen MR) is 135 cm³/mol. The van der Waals surface area contributed by atoms with Crippen molar-refractivity contribution in [1.29, 1.82) is 0 Å². The quantitative estimate of drug-likeness (QED) is 0.438. The van der Waals surface area contributed by atoms with Crippen LogP contribution in [0.3, 0.4) is 0 Å². The minimum atomic E-state index is 0.170. The molecule has 0 N–H and O–H groups in total. The number of benzene rings is 1. The fourth-order valence-corrected chi connectivity index (χ4v) is 5.41. The van der Waals surface area contributed by atoms with Gasteiger partial charge in [-0.1, -0.05) is 101 Å². The van der Waals surface area contributed by atoms with Crippen molar-refractivity contribution in [3.05, 3.63) is 47.3 Å². The van der Waals surface area contributed by atoms with Gasteiger partial charge in [-0.15, -0.1) is 0 Å². The summed E-state index contributed by atoms with van der Waals surface area (Å²) in [6, 6.07) is 10.4. The number of rotatable bonds is 5. The van der Waals surface area contributed by atoms with Gasteiger partial charge in [0.05, 0.1) is 17.1 Å². The molecule has 1 aliphatic heterocycles. The lowest BCUT2D eigenvalue weighted by atomic mass is 9.96. The van der Waals surface area contributed by atoms with Crippen LogP contribution < -0.4 is 0 Å². The maximum absolute atomic E-state index is 5.84. The van der Waals surface area contributed by atoms with Crippen molar-refractivity contribution in [3.8, 4) is 0 Å². The van der Waals surface area contributed by atoms with E-state index in [0.717, 1.165) is 38.9 Å². The van der Waals surface area contributed by atoms with Gasteiger partial charge in [0.15, 0.2) is 5.17 Å². The highest BCUT2D eigenvalue weighted by molar-refractivity contribution is 8.22. The molecule has 162 valence electrons. The Morgan fingerprint density at radius 3 is 2.67 bits per heavy atom. The van der Waals surface area contributed by atoms with E-state index >= 15 is 0 Å². The summed E-state index contributed by atoms with van der Waals surface area (Å²) in [6.45, 7) is 14.1. The van der Waals surface area contributed by atoms with Crippen molar-refractivity contribution >= 4 is 50.9 Å². The first-order valence-electron chi connectivity index (χ1n) is 10.4. The van der Waals surface area contributed by atoms with E-state index in [1.807, 2.05) is 6.07 Å². The van der Waals surface area contributed by atoms with Gasteiger partial charge in [-0.05, 0) is 28.9 Å². The summed E-state index contributed by atoms with van der Waals surface area (Å²) in [4.78, 5) is 7.26. The fraction of sp³-hybridized carbons (Fsp3) is 0.522. The molecule has 30 heavy (non-hydrogen) atoms. The molecule has 1 aliphatic rings. The Kier molecular flexibility index (Phi) is 7.69. The minimum absolute atomic E-state index is 0.170. The topological polar surface area (TPSA) is 41.6 Å². The van der Waals surface area contributed by atoms with Crippen LogP contribution >= 0.6 is 35.7 Å². The first-order valence-corrected chi connectivity index (χ1v) is 12.7. The average Bonchev–Trinajstić information content (AvgIpc) is 3.17. The molecule has 0 unspecified atom stereocenters. The molecule has 0 radical (unpaired) electrons. The van der Waals surface area contributed by atoms with Crippen LogP contribution in [0.15, 0.2) is 39.8 Å². The van der Waals surface area contributed by atoms with E-state index in [4.69, 9.17) is 21.7 Å². The summed E-state index contributed by atoms with van der Waals surface area (Å²) in [5.74, 6) is 3.35. The SMILES string of the molecule is CC(C)c1cc(CSC(=S)N2CC(C)(C)CSC2=Nc2ccccc2C(C)C)on1. The summed E-state index contributed by atoms with van der Waals surface area (Å²) in [5, 5.41) is 5.14. The lowest BCUT2D eigenvalue weighted by Crippen LogP contribution is -2.45. The molecular weight excluding hydrogens is 430 g/mol. The Balaban J connectivity index is 1.80. The third kappa shape index (κ3) is 5.89. The van der Waals surface area contributed by atoms with Crippen LogP contribution in [-0.4, -0.2) is 31.8 Å².